The van der Waals surface area contributed by atoms with E-state index < -0.39 is 33.9 Å². The maximum atomic E-state index is 12.4. The molecular weight excluding hydrogens is 330 g/mol. The molecule has 0 bridgehead atoms. The molecule has 24 heavy (non-hydrogen) atoms. The Morgan fingerprint density at radius 1 is 1.42 bits per heavy atom. The first-order chi connectivity index (χ1) is 11.1. The van der Waals surface area contributed by atoms with E-state index in [2.05, 4.69) is 5.32 Å². The smallest absolute Gasteiger partial charge is 0.268 e. The number of fused-ring (bicyclic) bond motifs is 1. The van der Waals surface area contributed by atoms with E-state index in [0.29, 0.717) is 9.87 Å². The van der Waals surface area contributed by atoms with Gasteiger partial charge in [0.1, 0.15) is 12.1 Å². The summed E-state index contributed by atoms with van der Waals surface area (Å²) in [5.41, 5.74) is -0.451. The Hall–Kier alpha value is -2.40. The first kappa shape index (κ1) is 17.9. The van der Waals surface area contributed by atoms with Gasteiger partial charge in [0.05, 0.1) is 11.8 Å². The minimum atomic E-state index is -3.92. The fraction of sp³-hybridized carbons (Fsp3) is 0.438. The van der Waals surface area contributed by atoms with Crippen molar-refractivity contribution in [2.24, 2.45) is 5.92 Å². The summed E-state index contributed by atoms with van der Waals surface area (Å²) in [6.07, 6.45) is 0. The number of hydrogen-bond acceptors (Lipinski definition) is 5. The number of benzene rings is 1. The third kappa shape index (κ3) is 3.26. The van der Waals surface area contributed by atoms with Gasteiger partial charge in [-0.25, -0.2) is 12.7 Å². The van der Waals surface area contributed by atoms with E-state index in [1.54, 1.807) is 39.0 Å². The van der Waals surface area contributed by atoms with Gasteiger partial charge in [-0.3, -0.25) is 9.59 Å². The van der Waals surface area contributed by atoms with Crippen LogP contribution in [0.2, 0.25) is 0 Å². The molecule has 2 amide bonds. The lowest BCUT2D eigenvalue weighted by molar-refractivity contribution is -0.122. The molecule has 128 valence electrons. The van der Waals surface area contributed by atoms with Crippen molar-refractivity contribution in [3.63, 3.8) is 0 Å². The van der Waals surface area contributed by atoms with Gasteiger partial charge in [0.2, 0.25) is 15.9 Å². The van der Waals surface area contributed by atoms with Gasteiger partial charge in [-0.15, -0.1) is 0 Å². The molecule has 0 aromatic heterocycles. The molecule has 1 aromatic carbocycles. The van der Waals surface area contributed by atoms with Crippen molar-refractivity contribution in [1.29, 1.82) is 5.26 Å². The van der Waals surface area contributed by atoms with Crippen molar-refractivity contribution < 1.29 is 18.0 Å². The van der Waals surface area contributed by atoms with Gasteiger partial charge in [0, 0.05) is 5.56 Å². The second-order valence-electron chi connectivity index (χ2n) is 6.24. The fourth-order valence-corrected chi connectivity index (χ4v) is 3.79. The molecule has 0 fully saturated rings. The zero-order chi connectivity index (χ0) is 18.1. The van der Waals surface area contributed by atoms with Gasteiger partial charge in [-0.05, 0) is 24.5 Å². The molecule has 0 unspecified atom stereocenters. The molecule has 2 rings (SSSR count). The number of nitrogens with one attached hydrogen (secondary N) is 1. The molecule has 0 saturated heterocycles. The Labute approximate surface area is 141 Å². The highest BCUT2D eigenvalue weighted by atomic mass is 32.2. The second kappa shape index (κ2) is 6.24. The molecule has 1 N–H and O–H groups in total. The van der Waals surface area contributed by atoms with Crippen LogP contribution in [0.15, 0.2) is 24.3 Å². The van der Waals surface area contributed by atoms with Crippen LogP contribution in [0.1, 0.15) is 36.7 Å². The van der Waals surface area contributed by atoms with E-state index in [0.717, 1.165) is 0 Å². The molecule has 1 atom stereocenters. The number of hydrogen-bond donors (Lipinski definition) is 1. The van der Waals surface area contributed by atoms with E-state index in [4.69, 9.17) is 0 Å². The van der Waals surface area contributed by atoms with Crippen molar-refractivity contribution in [1.82, 2.24) is 9.62 Å². The van der Waals surface area contributed by atoms with Crippen molar-refractivity contribution in [2.75, 3.05) is 6.54 Å². The van der Waals surface area contributed by atoms with Crippen LogP contribution in [0.25, 0.3) is 0 Å². The molecule has 7 nitrogen and oxygen atoms in total. The maximum Gasteiger partial charge on any atom is 0.268 e. The van der Waals surface area contributed by atoms with Crippen LogP contribution >= 0.6 is 0 Å². The van der Waals surface area contributed by atoms with Crippen molar-refractivity contribution in [3.05, 3.63) is 35.4 Å². The summed E-state index contributed by atoms with van der Waals surface area (Å²) in [4.78, 5) is 24.7. The lowest BCUT2D eigenvalue weighted by atomic mass is 9.90. The first-order valence-corrected chi connectivity index (χ1v) is 9.06. The topological polar surface area (TPSA) is 107 Å². The van der Waals surface area contributed by atoms with Crippen LogP contribution in [0.5, 0.6) is 0 Å². The van der Waals surface area contributed by atoms with Gasteiger partial charge in [0.25, 0.3) is 5.91 Å². The van der Waals surface area contributed by atoms with E-state index in [1.807, 2.05) is 6.07 Å². The molecule has 1 heterocycles. The van der Waals surface area contributed by atoms with Crippen LogP contribution in [0.4, 0.5) is 0 Å². The number of carbonyl (C=O) groups is 2. The number of nitrogens with zero attached hydrogens (tertiary/aromatic N) is 2. The molecule has 0 spiro atoms. The van der Waals surface area contributed by atoms with Gasteiger partial charge in [-0.2, -0.15) is 5.26 Å². The minimum Gasteiger partial charge on any atom is -0.336 e. The minimum absolute atomic E-state index is 0.180. The zero-order valence-electron chi connectivity index (χ0n) is 13.7. The van der Waals surface area contributed by atoms with E-state index in [9.17, 15) is 23.3 Å². The Morgan fingerprint density at radius 3 is 2.62 bits per heavy atom. The standard InChI is InChI=1S/C16H19N3O4S/c1-11(2)16(3,10-17)18-14(20)8-19-15(21)13-7-5-4-6-12(13)9-24(19,22)23/h4-7,11H,8-9H2,1-3H3,(H,18,20)/t16-/m1/s1. The highest BCUT2D eigenvalue weighted by molar-refractivity contribution is 7.89. The fourth-order valence-electron chi connectivity index (χ4n) is 2.32. The quantitative estimate of drug-likeness (QED) is 0.873. The van der Waals surface area contributed by atoms with Crippen LogP contribution < -0.4 is 5.32 Å². The largest absolute Gasteiger partial charge is 0.336 e. The number of carbonyl (C=O) groups excluding carboxylic acids is 2. The highest BCUT2D eigenvalue weighted by Crippen LogP contribution is 2.24. The van der Waals surface area contributed by atoms with Crippen molar-refractivity contribution >= 4 is 21.8 Å². The number of sulfonamides is 1. The monoisotopic (exact) mass is 349 g/mol. The van der Waals surface area contributed by atoms with Crippen molar-refractivity contribution in [2.45, 2.75) is 32.1 Å². The summed E-state index contributed by atoms with van der Waals surface area (Å²) in [6, 6.07) is 8.41. The predicted octanol–water partition coefficient (Wildman–Crippen LogP) is 1.03. The third-order valence-corrected chi connectivity index (χ3v) is 5.86. The number of amides is 2. The Kier molecular flexibility index (Phi) is 4.67. The number of nitriles is 1. The van der Waals surface area contributed by atoms with E-state index in [-0.39, 0.29) is 17.2 Å². The van der Waals surface area contributed by atoms with Gasteiger partial charge in [0.15, 0.2) is 0 Å². The Bertz CT molecular complexity index is 826. The van der Waals surface area contributed by atoms with Crippen LogP contribution in [0.3, 0.4) is 0 Å². The normalized spacial score (nSPS) is 18.5. The number of rotatable bonds is 4. The van der Waals surface area contributed by atoms with Gasteiger partial charge >= 0.3 is 0 Å². The third-order valence-electron chi connectivity index (χ3n) is 4.22. The predicted molar refractivity (Wildman–Crippen MR) is 87.1 cm³/mol. The summed E-state index contributed by atoms with van der Waals surface area (Å²) < 4.78 is 25.2. The molecule has 8 heteroatoms. The Morgan fingerprint density at radius 2 is 2.04 bits per heavy atom. The van der Waals surface area contributed by atoms with Gasteiger partial charge in [-0.1, -0.05) is 32.0 Å². The lowest BCUT2D eigenvalue weighted by Crippen LogP contribution is -2.54. The summed E-state index contributed by atoms with van der Waals surface area (Å²) in [6.45, 7) is 4.45. The molecule has 1 aliphatic rings. The molecular formula is C16H19N3O4S. The van der Waals surface area contributed by atoms with E-state index >= 15 is 0 Å². The van der Waals surface area contributed by atoms with Crippen molar-refractivity contribution in [3.8, 4) is 6.07 Å². The lowest BCUT2D eigenvalue weighted by Gasteiger charge is -2.31. The van der Waals surface area contributed by atoms with Crippen LogP contribution in [-0.2, 0) is 20.6 Å². The molecule has 0 radical (unpaired) electrons. The summed E-state index contributed by atoms with van der Waals surface area (Å²) in [7, 11) is -3.92. The highest BCUT2D eigenvalue weighted by Gasteiger charge is 2.38. The molecule has 1 aromatic rings. The average molecular weight is 349 g/mol. The van der Waals surface area contributed by atoms with Crippen LogP contribution in [0, 0.1) is 17.2 Å². The molecule has 1 aliphatic heterocycles. The zero-order valence-corrected chi connectivity index (χ0v) is 14.6. The summed E-state index contributed by atoms with van der Waals surface area (Å²) >= 11 is 0. The van der Waals surface area contributed by atoms with E-state index in [1.165, 1.54) is 6.07 Å². The second-order valence-corrected chi connectivity index (χ2v) is 8.14. The first-order valence-electron chi connectivity index (χ1n) is 7.45. The molecule has 0 aliphatic carbocycles. The molecule has 0 saturated carbocycles. The average Bonchev–Trinajstić information content (AvgIpc) is 2.50. The summed E-state index contributed by atoms with van der Waals surface area (Å²) in [5.74, 6) is -1.93. The maximum absolute atomic E-state index is 12.4. The Balaban J connectivity index is 2.25. The van der Waals surface area contributed by atoms with Crippen LogP contribution in [-0.4, -0.2) is 36.6 Å². The summed E-state index contributed by atoms with van der Waals surface area (Å²) in [5, 5.41) is 11.7. The van der Waals surface area contributed by atoms with Gasteiger partial charge < -0.3 is 5.32 Å². The SMILES string of the molecule is CC(C)[C@@](C)(C#N)NC(=O)CN1C(=O)c2ccccc2CS1(=O)=O.